The third-order valence-electron chi connectivity index (χ3n) is 3.34. The number of aromatic amines is 1. The van der Waals surface area contributed by atoms with Gasteiger partial charge in [-0.15, -0.1) is 0 Å². The van der Waals surface area contributed by atoms with Crippen LogP contribution in [0.2, 0.25) is 0 Å². The molecular formula is C15H14BrN3O. The van der Waals surface area contributed by atoms with E-state index in [9.17, 15) is 4.79 Å². The van der Waals surface area contributed by atoms with Gasteiger partial charge in [0.15, 0.2) is 5.65 Å². The predicted molar refractivity (Wildman–Crippen MR) is 82.2 cm³/mol. The van der Waals surface area contributed by atoms with Crippen LogP contribution in [-0.4, -0.2) is 14.6 Å². The van der Waals surface area contributed by atoms with Crippen molar-refractivity contribution in [2.75, 3.05) is 0 Å². The van der Waals surface area contributed by atoms with Gasteiger partial charge in [-0.3, -0.25) is 9.89 Å². The number of aryl methyl sites for hydroxylation is 2. The average Bonchev–Trinajstić information content (AvgIpc) is 2.77. The Morgan fingerprint density at radius 2 is 1.95 bits per heavy atom. The van der Waals surface area contributed by atoms with Gasteiger partial charge in [-0.25, -0.2) is 9.50 Å². The second-order valence-electron chi connectivity index (χ2n) is 4.92. The van der Waals surface area contributed by atoms with Crippen LogP contribution in [0.3, 0.4) is 0 Å². The summed E-state index contributed by atoms with van der Waals surface area (Å²) in [6, 6.07) is 9.85. The Morgan fingerprint density at radius 3 is 2.65 bits per heavy atom. The van der Waals surface area contributed by atoms with E-state index < -0.39 is 0 Å². The predicted octanol–water partition coefficient (Wildman–Crippen LogP) is 2.99. The average molecular weight is 332 g/mol. The molecule has 1 N–H and O–H groups in total. The zero-order valence-corrected chi connectivity index (χ0v) is 12.9. The molecule has 3 aromatic rings. The number of H-pyrrole nitrogens is 1. The molecule has 2 heterocycles. The second kappa shape index (κ2) is 4.90. The van der Waals surface area contributed by atoms with Gasteiger partial charge in [-0.05, 0) is 31.5 Å². The number of benzene rings is 1. The Morgan fingerprint density at radius 1 is 1.25 bits per heavy atom. The van der Waals surface area contributed by atoms with Crippen molar-refractivity contribution in [2.45, 2.75) is 20.3 Å². The standard InChI is InChI=1S/C15H14BrN3O/c1-9-7-14-17-10(2)13(15(20)19(14)18-9)8-11-3-5-12(16)6-4-11/h3-7,18H,8H2,1-2H3. The molecule has 0 radical (unpaired) electrons. The van der Waals surface area contributed by atoms with Crippen LogP contribution in [0.5, 0.6) is 0 Å². The van der Waals surface area contributed by atoms with E-state index in [4.69, 9.17) is 0 Å². The summed E-state index contributed by atoms with van der Waals surface area (Å²) in [4.78, 5) is 17.0. The minimum atomic E-state index is -0.0245. The highest BCUT2D eigenvalue weighted by molar-refractivity contribution is 9.10. The molecule has 0 aliphatic carbocycles. The summed E-state index contributed by atoms with van der Waals surface area (Å²) < 4.78 is 2.54. The van der Waals surface area contributed by atoms with Gasteiger partial charge < -0.3 is 0 Å². The van der Waals surface area contributed by atoms with Gasteiger partial charge in [0.05, 0.1) is 0 Å². The second-order valence-corrected chi connectivity index (χ2v) is 5.83. The Labute approximate surface area is 124 Å². The molecule has 0 fully saturated rings. The lowest BCUT2D eigenvalue weighted by atomic mass is 10.1. The lowest BCUT2D eigenvalue weighted by Crippen LogP contribution is -2.22. The van der Waals surface area contributed by atoms with Crippen molar-refractivity contribution in [3.63, 3.8) is 0 Å². The van der Waals surface area contributed by atoms with Gasteiger partial charge in [0.25, 0.3) is 5.56 Å². The molecule has 4 nitrogen and oxygen atoms in total. The first-order valence-corrected chi connectivity index (χ1v) is 7.16. The summed E-state index contributed by atoms with van der Waals surface area (Å²) in [5, 5.41) is 3.02. The van der Waals surface area contributed by atoms with Gasteiger partial charge >= 0.3 is 0 Å². The molecule has 102 valence electrons. The molecule has 3 rings (SSSR count). The molecule has 0 spiro atoms. The first-order chi connectivity index (χ1) is 9.54. The highest BCUT2D eigenvalue weighted by Crippen LogP contribution is 2.14. The number of hydrogen-bond donors (Lipinski definition) is 1. The van der Waals surface area contributed by atoms with Crippen LogP contribution in [0.15, 0.2) is 39.6 Å². The normalized spacial score (nSPS) is 11.2. The van der Waals surface area contributed by atoms with E-state index >= 15 is 0 Å². The number of fused-ring (bicyclic) bond motifs is 1. The fourth-order valence-electron chi connectivity index (χ4n) is 2.30. The Hall–Kier alpha value is -1.88. The van der Waals surface area contributed by atoms with Crippen molar-refractivity contribution in [1.29, 1.82) is 0 Å². The number of aromatic nitrogens is 3. The molecule has 2 aromatic heterocycles. The highest BCUT2D eigenvalue weighted by atomic mass is 79.9. The van der Waals surface area contributed by atoms with Gasteiger partial charge in [0.2, 0.25) is 0 Å². The van der Waals surface area contributed by atoms with Crippen LogP contribution in [0.1, 0.15) is 22.5 Å². The van der Waals surface area contributed by atoms with E-state index in [0.717, 1.165) is 27.0 Å². The van der Waals surface area contributed by atoms with E-state index in [1.807, 2.05) is 44.2 Å². The van der Waals surface area contributed by atoms with E-state index in [1.54, 1.807) is 0 Å². The summed E-state index contributed by atoms with van der Waals surface area (Å²) in [6.07, 6.45) is 0.589. The molecular weight excluding hydrogens is 318 g/mol. The van der Waals surface area contributed by atoms with Crippen LogP contribution >= 0.6 is 15.9 Å². The van der Waals surface area contributed by atoms with Crippen LogP contribution in [-0.2, 0) is 6.42 Å². The first kappa shape index (κ1) is 13.1. The quantitative estimate of drug-likeness (QED) is 0.784. The Balaban J connectivity index is 2.11. The smallest absolute Gasteiger partial charge is 0.276 e. The molecule has 5 heteroatoms. The monoisotopic (exact) mass is 331 g/mol. The van der Waals surface area contributed by atoms with Crippen molar-refractivity contribution in [1.82, 2.24) is 14.6 Å². The van der Waals surface area contributed by atoms with Crippen molar-refractivity contribution < 1.29 is 0 Å². The van der Waals surface area contributed by atoms with Crippen molar-refractivity contribution in [3.8, 4) is 0 Å². The third kappa shape index (κ3) is 2.29. The van der Waals surface area contributed by atoms with Crippen LogP contribution < -0.4 is 5.56 Å². The molecule has 1 aromatic carbocycles. The van der Waals surface area contributed by atoms with Crippen molar-refractivity contribution >= 4 is 21.6 Å². The van der Waals surface area contributed by atoms with E-state index in [-0.39, 0.29) is 5.56 Å². The third-order valence-corrected chi connectivity index (χ3v) is 3.87. The van der Waals surface area contributed by atoms with E-state index in [2.05, 4.69) is 26.0 Å². The van der Waals surface area contributed by atoms with Gasteiger partial charge in [-0.2, -0.15) is 0 Å². The molecule has 0 unspecified atom stereocenters. The van der Waals surface area contributed by atoms with Gasteiger partial charge in [-0.1, -0.05) is 28.1 Å². The molecule has 0 amide bonds. The topological polar surface area (TPSA) is 50.2 Å². The molecule has 0 bridgehead atoms. The SMILES string of the molecule is Cc1cc2nc(C)c(Cc3ccc(Br)cc3)c(=O)n2[nH]1. The molecule has 0 saturated carbocycles. The maximum atomic E-state index is 12.5. The number of hydrogen-bond acceptors (Lipinski definition) is 2. The number of nitrogens with zero attached hydrogens (tertiary/aromatic N) is 2. The van der Waals surface area contributed by atoms with Crippen molar-refractivity contribution in [3.05, 3.63) is 67.7 Å². The van der Waals surface area contributed by atoms with E-state index in [1.165, 1.54) is 4.52 Å². The lowest BCUT2D eigenvalue weighted by molar-refractivity contribution is 0.847. The summed E-state index contributed by atoms with van der Waals surface area (Å²) in [5.74, 6) is 0. The number of halogens is 1. The maximum absolute atomic E-state index is 12.5. The number of rotatable bonds is 2. The highest BCUT2D eigenvalue weighted by Gasteiger charge is 2.11. The van der Waals surface area contributed by atoms with Crippen molar-refractivity contribution in [2.24, 2.45) is 0 Å². The molecule has 0 atom stereocenters. The van der Waals surface area contributed by atoms with Crippen LogP contribution in [0, 0.1) is 13.8 Å². The zero-order chi connectivity index (χ0) is 14.3. The zero-order valence-electron chi connectivity index (χ0n) is 11.3. The number of nitrogens with one attached hydrogen (secondary N) is 1. The summed E-state index contributed by atoms with van der Waals surface area (Å²) >= 11 is 3.41. The summed E-state index contributed by atoms with van der Waals surface area (Å²) in [5.41, 5.74) is 4.19. The largest absolute Gasteiger partial charge is 0.294 e. The molecule has 0 aliphatic heterocycles. The Kier molecular flexibility index (Phi) is 3.22. The minimum absolute atomic E-state index is 0.0245. The van der Waals surface area contributed by atoms with Crippen LogP contribution in [0.25, 0.3) is 5.65 Å². The summed E-state index contributed by atoms with van der Waals surface area (Å²) in [6.45, 7) is 3.80. The maximum Gasteiger partial charge on any atom is 0.276 e. The minimum Gasteiger partial charge on any atom is -0.294 e. The van der Waals surface area contributed by atoms with E-state index in [0.29, 0.717) is 12.1 Å². The fraction of sp³-hybridized carbons (Fsp3) is 0.200. The molecule has 0 aliphatic rings. The molecule has 20 heavy (non-hydrogen) atoms. The molecule has 0 saturated heterocycles. The van der Waals surface area contributed by atoms with Gasteiger partial charge in [0, 0.05) is 33.9 Å². The first-order valence-electron chi connectivity index (χ1n) is 6.37. The summed E-state index contributed by atoms with van der Waals surface area (Å²) in [7, 11) is 0. The fourth-order valence-corrected chi connectivity index (χ4v) is 2.56. The van der Waals surface area contributed by atoms with Gasteiger partial charge in [0.1, 0.15) is 0 Å². The lowest BCUT2D eigenvalue weighted by Gasteiger charge is -2.06. The Bertz CT molecular complexity index is 831. The van der Waals surface area contributed by atoms with Crippen LogP contribution in [0.4, 0.5) is 0 Å².